The topological polar surface area (TPSA) is 94.0 Å². The smallest absolute Gasteiger partial charge is 0.255 e. The first kappa shape index (κ1) is 8.63. The molecule has 64 valence electrons. The Morgan fingerprint density at radius 3 is 2.92 bits per heavy atom. The zero-order valence-corrected chi connectivity index (χ0v) is 6.40. The van der Waals surface area contributed by atoms with Crippen LogP contribution in [-0.2, 0) is 4.79 Å². The van der Waals surface area contributed by atoms with E-state index in [4.69, 9.17) is 11.6 Å². The van der Waals surface area contributed by atoms with Gasteiger partial charge in [0.15, 0.2) is 0 Å². The van der Waals surface area contributed by atoms with Gasteiger partial charge in [0.1, 0.15) is 6.04 Å². The van der Waals surface area contributed by atoms with Crippen molar-refractivity contribution < 1.29 is 4.79 Å². The van der Waals surface area contributed by atoms with E-state index >= 15 is 0 Å². The van der Waals surface area contributed by atoms with Gasteiger partial charge in [-0.15, -0.1) is 0 Å². The standard InChI is InChI=1S/C7H10N4O/c8-6(7(12)11-9)5-2-1-3-10-4-5/h1-4,6H,8-9H2,(H,11,12). The number of hydrogen-bond acceptors (Lipinski definition) is 4. The molecule has 0 spiro atoms. The van der Waals surface area contributed by atoms with Crippen LogP contribution in [0.4, 0.5) is 0 Å². The van der Waals surface area contributed by atoms with Crippen molar-refractivity contribution in [1.82, 2.24) is 10.4 Å². The molecule has 0 saturated heterocycles. The molecule has 5 nitrogen and oxygen atoms in total. The number of pyridine rings is 1. The highest BCUT2D eigenvalue weighted by atomic mass is 16.2. The Morgan fingerprint density at radius 1 is 1.67 bits per heavy atom. The molecule has 0 bridgehead atoms. The Kier molecular flexibility index (Phi) is 2.73. The van der Waals surface area contributed by atoms with Gasteiger partial charge in [-0.1, -0.05) is 6.07 Å². The molecule has 1 atom stereocenters. The van der Waals surface area contributed by atoms with E-state index in [0.717, 1.165) is 0 Å². The van der Waals surface area contributed by atoms with Crippen LogP contribution in [0.1, 0.15) is 11.6 Å². The lowest BCUT2D eigenvalue weighted by Crippen LogP contribution is -2.38. The van der Waals surface area contributed by atoms with Crippen molar-refractivity contribution in [2.45, 2.75) is 6.04 Å². The quantitative estimate of drug-likeness (QED) is 0.300. The second kappa shape index (κ2) is 3.80. The van der Waals surface area contributed by atoms with Gasteiger partial charge in [0.05, 0.1) is 0 Å². The summed E-state index contributed by atoms with van der Waals surface area (Å²) in [5, 5.41) is 0. The van der Waals surface area contributed by atoms with Gasteiger partial charge in [0.25, 0.3) is 5.91 Å². The Hall–Kier alpha value is -1.46. The number of aromatic nitrogens is 1. The van der Waals surface area contributed by atoms with E-state index in [-0.39, 0.29) is 0 Å². The molecule has 1 unspecified atom stereocenters. The summed E-state index contributed by atoms with van der Waals surface area (Å²) in [5.41, 5.74) is 8.13. The Balaban J connectivity index is 2.78. The summed E-state index contributed by atoms with van der Waals surface area (Å²) in [4.78, 5) is 14.7. The van der Waals surface area contributed by atoms with E-state index in [2.05, 4.69) is 4.98 Å². The molecule has 1 heterocycles. The maximum Gasteiger partial charge on any atom is 0.255 e. The molecule has 12 heavy (non-hydrogen) atoms. The van der Waals surface area contributed by atoms with E-state index in [1.807, 2.05) is 5.43 Å². The van der Waals surface area contributed by atoms with E-state index in [0.29, 0.717) is 5.56 Å². The van der Waals surface area contributed by atoms with Gasteiger partial charge in [-0.3, -0.25) is 15.2 Å². The zero-order chi connectivity index (χ0) is 8.97. The SMILES string of the molecule is NNC(=O)C(N)c1cccnc1. The highest BCUT2D eigenvalue weighted by Gasteiger charge is 2.13. The van der Waals surface area contributed by atoms with Crippen molar-refractivity contribution >= 4 is 5.91 Å². The number of amides is 1. The van der Waals surface area contributed by atoms with Crippen LogP contribution in [0, 0.1) is 0 Å². The minimum Gasteiger partial charge on any atom is -0.316 e. The van der Waals surface area contributed by atoms with Crippen LogP contribution >= 0.6 is 0 Å². The lowest BCUT2D eigenvalue weighted by molar-refractivity contribution is -0.122. The molecule has 1 amide bonds. The average molecular weight is 166 g/mol. The number of nitrogens with one attached hydrogen (secondary N) is 1. The number of hydrazine groups is 1. The molecule has 1 aromatic rings. The van der Waals surface area contributed by atoms with Crippen molar-refractivity contribution in [2.75, 3.05) is 0 Å². The summed E-state index contributed by atoms with van der Waals surface area (Å²) in [6.45, 7) is 0. The molecule has 0 aliphatic heterocycles. The summed E-state index contributed by atoms with van der Waals surface area (Å²) in [6, 6.07) is 2.68. The van der Waals surface area contributed by atoms with E-state index in [1.54, 1.807) is 18.3 Å². The van der Waals surface area contributed by atoms with Gasteiger partial charge in [0, 0.05) is 12.4 Å². The first-order valence-corrected chi connectivity index (χ1v) is 3.41. The molecular weight excluding hydrogens is 156 g/mol. The van der Waals surface area contributed by atoms with Crippen molar-refractivity contribution in [3.05, 3.63) is 30.1 Å². The van der Waals surface area contributed by atoms with Crippen molar-refractivity contribution in [1.29, 1.82) is 0 Å². The summed E-state index contributed by atoms with van der Waals surface area (Å²) >= 11 is 0. The Labute approximate surface area is 69.7 Å². The van der Waals surface area contributed by atoms with Gasteiger partial charge in [0.2, 0.25) is 0 Å². The van der Waals surface area contributed by atoms with E-state index < -0.39 is 11.9 Å². The number of carbonyl (C=O) groups is 1. The summed E-state index contributed by atoms with van der Waals surface area (Å²) in [6.07, 6.45) is 3.14. The van der Waals surface area contributed by atoms with Gasteiger partial charge in [-0.2, -0.15) is 0 Å². The molecule has 0 aliphatic carbocycles. The molecule has 0 saturated carbocycles. The minimum absolute atomic E-state index is 0.428. The third kappa shape index (κ3) is 1.77. The average Bonchev–Trinajstić information content (AvgIpc) is 2.17. The van der Waals surface area contributed by atoms with Crippen molar-refractivity contribution in [2.24, 2.45) is 11.6 Å². The summed E-state index contributed by atoms with van der Waals surface area (Å²) in [5.74, 6) is 4.48. The highest BCUT2D eigenvalue weighted by molar-refractivity contribution is 5.82. The molecule has 0 radical (unpaired) electrons. The molecule has 0 fully saturated rings. The predicted octanol–water partition coefficient (Wildman–Crippen LogP) is -0.929. The maximum absolute atomic E-state index is 10.9. The van der Waals surface area contributed by atoms with Gasteiger partial charge in [-0.25, -0.2) is 5.84 Å². The predicted molar refractivity (Wildman–Crippen MR) is 43.5 cm³/mol. The summed E-state index contributed by atoms with van der Waals surface area (Å²) < 4.78 is 0. The van der Waals surface area contributed by atoms with E-state index in [1.165, 1.54) is 6.20 Å². The van der Waals surface area contributed by atoms with Crippen LogP contribution in [0.5, 0.6) is 0 Å². The van der Waals surface area contributed by atoms with Crippen molar-refractivity contribution in [3.8, 4) is 0 Å². The lowest BCUT2D eigenvalue weighted by Gasteiger charge is -2.08. The van der Waals surface area contributed by atoms with Crippen LogP contribution in [0.2, 0.25) is 0 Å². The molecule has 5 heteroatoms. The highest BCUT2D eigenvalue weighted by Crippen LogP contribution is 2.06. The Morgan fingerprint density at radius 2 is 2.42 bits per heavy atom. The van der Waals surface area contributed by atoms with Gasteiger partial charge < -0.3 is 5.73 Å². The lowest BCUT2D eigenvalue weighted by atomic mass is 10.1. The monoisotopic (exact) mass is 166 g/mol. The van der Waals surface area contributed by atoms with Crippen molar-refractivity contribution in [3.63, 3.8) is 0 Å². The summed E-state index contributed by atoms with van der Waals surface area (Å²) in [7, 11) is 0. The maximum atomic E-state index is 10.9. The van der Waals surface area contributed by atoms with E-state index in [9.17, 15) is 4.79 Å². The van der Waals surface area contributed by atoms with Crippen LogP contribution in [0.25, 0.3) is 0 Å². The fourth-order valence-electron chi connectivity index (χ4n) is 0.801. The van der Waals surface area contributed by atoms with Gasteiger partial charge in [-0.05, 0) is 11.6 Å². The molecule has 1 rings (SSSR count). The molecule has 0 aromatic carbocycles. The number of nitrogens with zero attached hydrogens (tertiary/aromatic N) is 1. The molecule has 5 N–H and O–H groups in total. The fourth-order valence-corrected chi connectivity index (χ4v) is 0.801. The molecule has 0 aliphatic rings. The first-order valence-electron chi connectivity index (χ1n) is 3.41. The van der Waals surface area contributed by atoms with Crippen LogP contribution < -0.4 is 17.0 Å². The van der Waals surface area contributed by atoms with Crippen LogP contribution in [0.15, 0.2) is 24.5 Å². The normalized spacial score (nSPS) is 12.2. The zero-order valence-electron chi connectivity index (χ0n) is 6.40. The first-order chi connectivity index (χ1) is 5.75. The fraction of sp³-hybridized carbons (Fsp3) is 0.143. The molecule has 1 aromatic heterocycles. The van der Waals surface area contributed by atoms with Crippen LogP contribution in [0.3, 0.4) is 0 Å². The number of hydrogen-bond donors (Lipinski definition) is 3. The third-order valence-corrected chi connectivity index (χ3v) is 1.47. The minimum atomic E-state index is -0.747. The van der Waals surface area contributed by atoms with Crippen LogP contribution in [-0.4, -0.2) is 10.9 Å². The largest absolute Gasteiger partial charge is 0.316 e. The number of rotatable bonds is 2. The number of nitrogens with two attached hydrogens (primary N) is 2. The Bertz CT molecular complexity index is 261. The second-order valence-electron chi connectivity index (χ2n) is 2.27. The third-order valence-electron chi connectivity index (χ3n) is 1.47. The van der Waals surface area contributed by atoms with Gasteiger partial charge >= 0.3 is 0 Å². The molecular formula is C7H10N4O. The second-order valence-corrected chi connectivity index (χ2v) is 2.27. The number of carbonyl (C=O) groups excluding carboxylic acids is 1.